The monoisotopic (exact) mass is 237 g/mol. The molecule has 0 amide bonds. The lowest BCUT2D eigenvalue weighted by atomic mass is 9.84. The molecule has 2 aromatic rings. The number of methoxy groups -OCH3 is 1. The third-order valence-electron chi connectivity index (χ3n) is 3.05. The van der Waals surface area contributed by atoms with Gasteiger partial charge in [-0.3, -0.25) is 9.59 Å². The van der Waals surface area contributed by atoms with Crippen molar-refractivity contribution in [3.63, 3.8) is 0 Å². The van der Waals surface area contributed by atoms with Gasteiger partial charge in [-0.05, 0) is 18.2 Å². The molecular formula is C15H9O3. The number of rotatable bonds is 1. The van der Waals surface area contributed by atoms with E-state index in [2.05, 4.69) is 6.07 Å². The summed E-state index contributed by atoms with van der Waals surface area (Å²) in [4.78, 5) is 24.7. The smallest absolute Gasteiger partial charge is 0.198 e. The molecule has 1 aliphatic carbocycles. The van der Waals surface area contributed by atoms with Crippen LogP contribution in [0.1, 0.15) is 31.8 Å². The largest absolute Gasteiger partial charge is 0.496 e. The Balaban J connectivity index is 2.34. The van der Waals surface area contributed by atoms with E-state index in [4.69, 9.17) is 4.74 Å². The molecule has 3 heteroatoms. The summed E-state index contributed by atoms with van der Waals surface area (Å²) in [6, 6.07) is 12.9. The van der Waals surface area contributed by atoms with Crippen LogP contribution in [0.4, 0.5) is 0 Å². The van der Waals surface area contributed by atoms with Crippen LogP contribution in [0.2, 0.25) is 0 Å². The molecule has 0 bridgehead atoms. The summed E-state index contributed by atoms with van der Waals surface area (Å²) in [7, 11) is 1.48. The summed E-state index contributed by atoms with van der Waals surface area (Å²) in [6.45, 7) is 0. The summed E-state index contributed by atoms with van der Waals surface area (Å²) in [5.41, 5.74) is 1.45. The van der Waals surface area contributed by atoms with E-state index in [1.54, 1.807) is 36.4 Å². The standard InChI is InChI=1S/C15H9O3/c1-18-12-8-4-7-11-13(12)15(17)10-6-3-2-5-9(10)14(11)16/h2-6,8H,1H3. The second kappa shape index (κ2) is 3.81. The molecule has 1 aliphatic rings. The highest BCUT2D eigenvalue weighted by Gasteiger charge is 2.31. The minimum atomic E-state index is -0.186. The maximum absolute atomic E-state index is 12.4. The Kier molecular flexibility index (Phi) is 2.27. The van der Waals surface area contributed by atoms with Gasteiger partial charge in [0.15, 0.2) is 11.6 Å². The highest BCUT2D eigenvalue weighted by molar-refractivity contribution is 6.29. The maximum Gasteiger partial charge on any atom is 0.198 e. The van der Waals surface area contributed by atoms with Crippen molar-refractivity contribution < 1.29 is 14.3 Å². The molecule has 2 aromatic carbocycles. The van der Waals surface area contributed by atoms with Gasteiger partial charge in [-0.15, -0.1) is 0 Å². The predicted octanol–water partition coefficient (Wildman–Crippen LogP) is 2.27. The zero-order valence-electron chi connectivity index (χ0n) is 9.69. The van der Waals surface area contributed by atoms with Crippen LogP contribution in [0.15, 0.2) is 36.4 Å². The van der Waals surface area contributed by atoms with E-state index in [-0.39, 0.29) is 17.1 Å². The highest BCUT2D eigenvalue weighted by Crippen LogP contribution is 2.32. The fourth-order valence-electron chi connectivity index (χ4n) is 2.20. The third-order valence-corrected chi connectivity index (χ3v) is 3.05. The summed E-state index contributed by atoms with van der Waals surface area (Å²) in [6.07, 6.45) is 0. The number of fused-ring (bicyclic) bond motifs is 2. The molecule has 0 unspecified atom stereocenters. The van der Waals surface area contributed by atoms with Gasteiger partial charge in [0, 0.05) is 16.7 Å². The first-order valence-corrected chi connectivity index (χ1v) is 5.51. The normalized spacial score (nSPS) is 12.9. The molecule has 0 atom stereocenters. The first-order valence-electron chi connectivity index (χ1n) is 5.51. The number of hydrogen-bond acceptors (Lipinski definition) is 3. The van der Waals surface area contributed by atoms with Gasteiger partial charge in [-0.25, -0.2) is 0 Å². The van der Waals surface area contributed by atoms with E-state index >= 15 is 0 Å². The number of hydrogen-bond donors (Lipinski definition) is 0. The Bertz CT molecular complexity index is 671. The minimum absolute atomic E-state index is 0.181. The van der Waals surface area contributed by atoms with Gasteiger partial charge >= 0.3 is 0 Å². The molecule has 0 fully saturated rings. The summed E-state index contributed by atoms with van der Waals surface area (Å²) in [5, 5.41) is 0. The van der Waals surface area contributed by atoms with Crippen molar-refractivity contribution in [3.8, 4) is 5.75 Å². The lowest BCUT2D eigenvalue weighted by Crippen LogP contribution is -2.21. The van der Waals surface area contributed by atoms with Gasteiger partial charge < -0.3 is 4.74 Å². The van der Waals surface area contributed by atoms with Crippen molar-refractivity contribution in [2.75, 3.05) is 7.11 Å². The molecule has 0 heterocycles. The number of benzene rings is 2. The molecule has 87 valence electrons. The molecule has 3 rings (SSSR count). The summed E-state index contributed by atoms with van der Waals surface area (Å²) in [5.74, 6) is 0.0459. The van der Waals surface area contributed by atoms with Crippen LogP contribution >= 0.6 is 0 Å². The second-order valence-electron chi connectivity index (χ2n) is 4.00. The van der Waals surface area contributed by atoms with Crippen molar-refractivity contribution in [2.45, 2.75) is 0 Å². The Morgan fingerprint density at radius 1 is 1.00 bits per heavy atom. The van der Waals surface area contributed by atoms with E-state index in [1.807, 2.05) is 0 Å². The van der Waals surface area contributed by atoms with Gasteiger partial charge in [0.25, 0.3) is 0 Å². The Morgan fingerprint density at radius 2 is 1.67 bits per heavy atom. The van der Waals surface area contributed by atoms with Crippen molar-refractivity contribution in [1.29, 1.82) is 0 Å². The first kappa shape index (κ1) is 10.7. The van der Waals surface area contributed by atoms with Crippen LogP contribution in [0.3, 0.4) is 0 Å². The maximum atomic E-state index is 12.4. The number of carbonyl (C=O) groups excluding carboxylic acids is 2. The Morgan fingerprint density at radius 3 is 2.33 bits per heavy atom. The van der Waals surface area contributed by atoms with Crippen LogP contribution < -0.4 is 4.74 Å². The Labute approximate surface area is 104 Å². The molecule has 0 saturated heterocycles. The fraction of sp³-hybridized carbons (Fsp3) is 0.0667. The summed E-state index contributed by atoms with van der Waals surface area (Å²) < 4.78 is 5.15. The predicted molar refractivity (Wildman–Crippen MR) is 65.1 cm³/mol. The first-order chi connectivity index (χ1) is 8.74. The average molecular weight is 237 g/mol. The lowest BCUT2D eigenvalue weighted by Gasteiger charge is -2.18. The van der Waals surface area contributed by atoms with E-state index in [1.165, 1.54) is 7.11 Å². The van der Waals surface area contributed by atoms with Crippen LogP contribution in [-0.2, 0) is 0 Å². The number of ketones is 2. The molecule has 0 aromatic heterocycles. The summed E-state index contributed by atoms with van der Waals surface area (Å²) >= 11 is 0. The van der Waals surface area contributed by atoms with Crippen LogP contribution in [-0.4, -0.2) is 18.7 Å². The van der Waals surface area contributed by atoms with E-state index in [9.17, 15) is 9.59 Å². The quantitative estimate of drug-likeness (QED) is 0.652. The highest BCUT2D eigenvalue weighted by atomic mass is 16.5. The minimum Gasteiger partial charge on any atom is -0.496 e. The van der Waals surface area contributed by atoms with Crippen molar-refractivity contribution in [3.05, 3.63) is 64.7 Å². The van der Waals surface area contributed by atoms with Gasteiger partial charge in [-0.1, -0.05) is 24.3 Å². The van der Waals surface area contributed by atoms with Crippen LogP contribution in [0, 0.1) is 6.07 Å². The molecule has 1 radical (unpaired) electrons. The van der Waals surface area contributed by atoms with Crippen LogP contribution in [0.5, 0.6) is 5.75 Å². The SMILES string of the molecule is COc1cc[c]c2c1C(=O)c1ccccc1C2=O. The second-order valence-corrected chi connectivity index (χ2v) is 4.00. The third kappa shape index (κ3) is 1.31. The molecule has 0 N–H and O–H groups in total. The molecule has 0 aliphatic heterocycles. The van der Waals surface area contributed by atoms with Crippen molar-refractivity contribution in [2.24, 2.45) is 0 Å². The van der Waals surface area contributed by atoms with E-state index < -0.39 is 0 Å². The number of carbonyl (C=O) groups is 2. The van der Waals surface area contributed by atoms with Crippen LogP contribution in [0.25, 0.3) is 0 Å². The van der Waals surface area contributed by atoms with Gasteiger partial charge in [-0.2, -0.15) is 0 Å². The Hall–Kier alpha value is -2.42. The molecule has 0 spiro atoms. The van der Waals surface area contributed by atoms with Crippen molar-refractivity contribution in [1.82, 2.24) is 0 Å². The average Bonchev–Trinajstić information content (AvgIpc) is 2.44. The number of ether oxygens (including phenoxy) is 1. The lowest BCUT2D eigenvalue weighted by molar-refractivity contribution is 0.0976. The van der Waals surface area contributed by atoms with Gasteiger partial charge in [0.2, 0.25) is 0 Å². The molecular weight excluding hydrogens is 228 g/mol. The zero-order chi connectivity index (χ0) is 12.7. The topological polar surface area (TPSA) is 43.4 Å². The molecule has 0 saturated carbocycles. The van der Waals surface area contributed by atoms with Crippen molar-refractivity contribution >= 4 is 11.6 Å². The molecule has 18 heavy (non-hydrogen) atoms. The van der Waals surface area contributed by atoms with E-state index in [0.717, 1.165) is 0 Å². The fourth-order valence-corrected chi connectivity index (χ4v) is 2.20. The van der Waals surface area contributed by atoms with E-state index in [0.29, 0.717) is 22.4 Å². The molecule has 3 nitrogen and oxygen atoms in total. The van der Waals surface area contributed by atoms with Gasteiger partial charge in [0.1, 0.15) is 5.75 Å². The zero-order valence-corrected chi connectivity index (χ0v) is 9.69. The van der Waals surface area contributed by atoms with Gasteiger partial charge in [0.05, 0.1) is 12.7 Å².